The van der Waals surface area contributed by atoms with Gasteiger partial charge >= 0.3 is 0 Å². The molecule has 0 radical (unpaired) electrons. The Balaban J connectivity index is 2.81. The molecule has 0 saturated heterocycles. The lowest BCUT2D eigenvalue weighted by Crippen LogP contribution is -2.01. The zero-order valence-electron chi connectivity index (χ0n) is 7.96. The Kier molecular flexibility index (Phi) is 3.09. The van der Waals surface area contributed by atoms with Crippen LogP contribution in [0.4, 0.5) is 5.82 Å². The lowest BCUT2D eigenvalue weighted by Gasteiger charge is -2.07. The molecule has 0 fully saturated rings. The Morgan fingerprint density at radius 1 is 1.42 bits per heavy atom. The fourth-order valence-electron chi connectivity index (χ4n) is 1.05. The molecule has 66 valence electrons. The number of hydrogen-bond acceptors (Lipinski definition) is 2. The van der Waals surface area contributed by atoms with E-state index in [2.05, 4.69) is 37.1 Å². The van der Waals surface area contributed by atoms with Gasteiger partial charge in [-0.1, -0.05) is 19.9 Å². The lowest BCUT2D eigenvalue weighted by atomic mass is 10.1. The van der Waals surface area contributed by atoms with Crippen molar-refractivity contribution in [3.8, 4) is 0 Å². The van der Waals surface area contributed by atoms with E-state index in [1.165, 1.54) is 0 Å². The maximum Gasteiger partial charge on any atom is 0.126 e. The first-order chi connectivity index (χ1) is 5.74. The van der Waals surface area contributed by atoms with Crippen LogP contribution in [0.2, 0.25) is 0 Å². The smallest absolute Gasteiger partial charge is 0.126 e. The highest BCUT2D eigenvalue weighted by atomic mass is 15.0. The molecule has 0 aliphatic carbocycles. The SMILES string of the molecule is CCNc1cccc(C(C)C)n1. The topological polar surface area (TPSA) is 24.9 Å². The van der Waals surface area contributed by atoms with E-state index in [-0.39, 0.29) is 0 Å². The monoisotopic (exact) mass is 164 g/mol. The van der Waals surface area contributed by atoms with Crippen LogP contribution < -0.4 is 5.32 Å². The number of nitrogens with zero attached hydrogens (tertiary/aromatic N) is 1. The Bertz CT molecular complexity index is 243. The summed E-state index contributed by atoms with van der Waals surface area (Å²) in [7, 11) is 0. The molecule has 1 heterocycles. The van der Waals surface area contributed by atoms with Crippen molar-refractivity contribution in [1.29, 1.82) is 0 Å². The maximum absolute atomic E-state index is 4.45. The number of hydrogen-bond donors (Lipinski definition) is 1. The van der Waals surface area contributed by atoms with E-state index < -0.39 is 0 Å². The summed E-state index contributed by atoms with van der Waals surface area (Å²) in [4.78, 5) is 4.45. The van der Waals surface area contributed by atoms with Gasteiger partial charge in [-0.15, -0.1) is 0 Å². The van der Waals surface area contributed by atoms with Gasteiger partial charge in [-0.3, -0.25) is 0 Å². The standard InChI is InChI=1S/C10H16N2/c1-4-11-10-7-5-6-9(12-10)8(2)3/h5-8H,4H2,1-3H3,(H,11,12). The van der Waals surface area contributed by atoms with Crippen LogP contribution >= 0.6 is 0 Å². The Hall–Kier alpha value is -1.05. The van der Waals surface area contributed by atoms with Crippen molar-refractivity contribution in [2.45, 2.75) is 26.7 Å². The van der Waals surface area contributed by atoms with Crippen LogP contribution in [0.1, 0.15) is 32.4 Å². The van der Waals surface area contributed by atoms with Crippen LogP contribution in [-0.2, 0) is 0 Å². The number of aromatic nitrogens is 1. The van der Waals surface area contributed by atoms with Crippen LogP contribution in [-0.4, -0.2) is 11.5 Å². The van der Waals surface area contributed by atoms with Crippen LogP contribution in [0.5, 0.6) is 0 Å². The molecule has 12 heavy (non-hydrogen) atoms. The third-order valence-corrected chi connectivity index (χ3v) is 1.72. The summed E-state index contributed by atoms with van der Waals surface area (Å²) in [5, 5.41) is 3.19. The minimum Gasteiger partial charge on any atom is -0.370 e. The third kappa shape index (κ3) is 2.22. The second kappa shape index (κ2) is 4.10. The van der Waals surface area contributed by atoms with Crippen molar-refractivity contribution < 1.29 is 0 Å². The zero-order chi connectivity index (χ0) is 8.97. The van der Waals surface area contributed by atoms with Gasteiger partial charge in [0.25, 0.3) is 0 Å². The molecule has 2 nitrogen and oxygen atoms in total. The van der Waals surface area contributed by atoms with Gasteiger partial charge in [-0.25, -0.2) is 4.98 Å². The molecule has 0 atom stereocenters. The largest absolute Gasteiger partial charge is 0.370 e. The quantitative estimate of drug-likeness (QED) is 0.742. The molecule has 2 heteroatoms. The highest BCUT2D eigenvalue weighted by Crippen LogP contribution is 2.13. The molecule has 0 aromatic carbocycles. The van der Waals surface area contributed by atoms with Crippen LogP contribution in [0.25, 0.3) is 0 Å². The molecule has 0 saturated carbocycles. The average Bonchev–Trinajstić information content (AvgIpc) is 2.05. The first-order valence-electron chi connectivity index (χ1n) is 4.45. The highest BCUT2D eigenvalue weighted by Gasteiger charge is 2.00. The summed E-state index contributed by atoms with van der Waals surface area (Å²) < 4.78 is 0. The van der Waals surface area contributed by atoms with E-state index in [1.807, 2.05) is 12.1 Å². The van der Waals surface area contributed by atoms with Crippen molar-refractivity contribution >= 4 is 5.82 Å². The van der Waals surface area contributed by atoms with E-state index in [1.54, 1.807) is 0 Å². The highest BCUT2D eigenvalue weighted by molar-refractivity contribution is 5.35. The normalized spacial score (nSPS) is 10.3. The zero-order valence-corrected chi connectivity index (χ0v) is 7.96. The molecule has 1 N–H and O–H groups in total. The molecule has 0 unspecified atom stereocenters. The fourth-order valence-corrected chi connectivity index (χ4v) is 1.05. The molecule has 1 rings (SSSR count). The second-order valence-corrected chi connectivity index (χ2v) is 3.13. The Labute approximate surface area is 74.0 Å². The summed E-state index contributed by atoms with van der Waals surface area (Å²) in [5.41, 5.74) is 1.15. The second-order valence-electron chi connectivity index (χ2n) is 3.13. The minimum absolute atomic E-state index is 0.503. The fraction of sp³-hybridized carbons (Fsp3) is 0.500. The average molecular weight is 164 g/mol. The van der Waals surface area contributed by atoms with Gasteiger partial charge in [-0.2, -0.15) is 0 Å². The van der Waals surface area contributed by atoms with E-state index >= 15 is 0 Å². The van der Waals surface area contributed by atoms with Crippen LogP contribution in [0.15, 0.2) is 18.2 Å². The number of anilines is 1. The van der Waals surface area contributed by atoms with Gasteiger partial charge in [0, 0.05) is 12.2 Å². The molecule has 0 spiro atoms. The maximum atomic E-state index is 4.45. The van der Waals surface area contributed by atoms with Crippen molar-refractivity contribution in [2.75, 3.05) is 11.9 Å². The first kappa shape index (κ1) is 9.04. The third-order valence-electron chi connectivity index (χ3n) is 1.72. The van der Waals surface area contributed by atoms with Gasteiger partial charge in [0.05, 0.1) is 0 Å². The summed E-state index contributed by atoms with van der Waals surface area (Å²) in [5.74, 6) is 1.48. The van der Waals surface area contributed by atoms with Gasteiger partial charge < -0.3 is 5.32 Å². The number of rotatable bonds is 3. The van der Waals surface area contributed by atoms with Crippen molar-refractivity contribution in [3.63, 3.8) is 0 Å². The molecule has 0 aliphatic heterocycles. The molecule has 0 amide bonds. The molecular weight excluding hydrogens is 148 g/mol. The molecule has 0 aliphatic rings. The van der Waals surface area contributed by atoms with Crippen LogP contribution in [0.3, 0.4) is 0 Å². The van der Waals surface area contributed by atoms with E-state index in [0.29, 0.717) is 5.92 Å². The number of pyridine rings is 1. The van der Waals surface area contributed by atoms with Crippen molar-refractivity contribution in [3.05, 3.63) is 23.9 Å². The molecule has 1 aromatic rings. The predicted octanol–water partition coefficient (Wildman–Crippen LogP) is 2.64. The summed E-state index contributed by atoms with van der Waals surface area (Å²) in [6.45, 7) is 7.30. The van der Waals surface area contributed by atoms with Crippen molar-refractivity contribution in [2.24, 2.45) is 0 Å². The molecular formula is C10H16N2. The van der Waals surface area contributed by atoms with Gasteiger partial charge in [0.15, 0.2) is 0 Å². The summed E-state index contributed by atoms with van der Waals surface area (Å²) in [6.07, 6.45) is 0. The van der Waals surface area contributed by atoms with Gasteiger partial charge in [0.1, 0.15) is 5.82 Å². The lowest BCUT2D eigenvalue weighted by molar-refractivity contribution is 0.823. The first-order valence-corrected chi connectivity index (χ1v) is 4.45. The van der Waals surface area contributed by atoms with Crippen molar-refractivity contribution in [1.82, 2.24) is 4.98 Å². The van der Waals surface area contributed by atoms with Gasteiger partial charge in [-0.05, 0) is 25.0 Å². The van der Waals surface area contributed by atoms with Crippen LogP contribution in [0, 0.1) is 0 Å². The summed E-state index contributed by atoms with van der Waals surface area (Å²) in [6, 6.07) is 6.10. The van der Waals surface area contributed by atoms with E-state index in [9.17, 15) is 0 Å². The molecule has 0 bridgehead atoms. The Morgan fingerprint density at radius 2 is 2.17 bits per heavy atom. The predicted molar refractivity (Wildman–Crippen MR) is 52.5 cm³/mol. The summed E-state index contributed by atoms with van der Waals surface area (Å²) >= 11 is 0. The molecule has 1 aromatic heterocycles. The van der Waals surface area contributed by atoms with E-state index in [4.69, 9.17) is 0 Å². The number of nitrogens with one attached hydrogen (secondary N) is 1. The van der Waals surface area contributed by atoms with E-state index in [0.717, 1.165) is 18.1 Å². The Morgan fingerprint density at radius 3 is 2.75 bits per heavy atom. The van der Waals surface area contributed by atoms with Gasteiger partial charge in [0.2, 0.25) is 0 Å². The minimum atomic E-state index is 0.503.